The number of halogens is 1. The highest BCUT2D eigenvalue weighted by Crippen LogP contribution is 2.28. The minimum absolute atomic E-state index is 0.490. The second-order valence-corrected chi connectivity index (χ2v) is 4.78. The molecular formula is C16H17BrO3. The van der Waals surface area contributed by atoms with Crippen LogP contribution in [0.1, 0.15) is 11.1 Å². The quantitative estimate of drug-likeness (QED) is 0.740. The van der Waals surface area contributed by atoms with Crippen molar-refractivity contribution in [2.75, 3.05) is 14.2 Å². The van der Waals surface area contributed by atoms with E-state index in [4.69, 9.17) is 14.2 Å². The zero-order chi connectivity index (χ0) is 14.4. The van der Waals surface area contributed by atoms with Gasteiger partial charge in [-0.3, -0.25) is 0 Å². The molecule has 0 N–H and O–H groups in total. The van der Waals surface area contributed by atoms with Crippen molar-refractivity contribution in [3.63, 3.8) is 0 Å². The molecule has 0 saturated carbocycles. The minimum atomic E-state index is 0.490. The lowest BCUT2D eigenvalue weighted by Crippen LogP contribution is -1.99. The average Bonchev–Trinajstić information content (AvgIpc) is 2.52. The molecule has 0 atom stereocenters. The van der Waals surface area contributed by atoms with E-state index in [1.165, 1.54) is 0 Å². The van der Waals surface area contributed by atoms with E-state index in [1.807, 2.05) is 42.5 Å². The lowest BCUT2D eigenvalue weighted by Gasteiger charge is -2.12. The molecule has 2 aromatic carbocycles. The van der Waals surface area contributed by atoms with Crippen LogP contribution in [-0.2, 0) is 11.9 Å². The zero-order valence-corrected chi connectivity index (χ0v) is 13.1. The van der Waals surface area contributed by atoms with Gasteiger partial charge in [-0.05, 0) is 23.8 Å². The third kappa shape index (κ3) is 3.45. The number of methoxy groups -OCH3 is 2. The molecule has 0 saturated heterocycles. The highest BCUT2D eigenvalue weighted by Gasteiger charge is 2.06. The van der Waals surface area contributed by atoms with Gasteiger partial charge < -0.3 is 14.2 Å². The number of para-hydroxylation sites is 1. The first-order valence-electron chi connectivity index (χ1n) is 6.26. The van der Waals surface area contributed by atoms with Gasteiger partial charge in [0.2, 0.25) is 0 Å². The largest absolute Gasteiger partial charge is 0.493 e. The van der Waals surface area contributed by atoms with E-state index in [1.54, 1.807) is 14.2 Å². The first-order chi connectivity index (χ1) is 9.78. The van der Waals surface area contributed by atoms with E-state index in [0.717, 1.165) is 28.0 Å². The van der Waals surface area contributed by atoms with Gasteiger partial charge in [-0.25, -0.2) is 0 Å². The number of benzene rings is 2. The van der Waals surface area contributed by atoms with Crippen molar-refractivity contribution < 1.29 is 14.2 Å². The molecule has 106 valence electrons. The molecule has 0 aliphatic heterocycles. The topological polar surface area (TPSA) is 27.7 Å². The summed E-state index contributed by atoms with van der Waals surface area (Å²) in [5.41, 5.74) is 2.17. The Hall–Kier alpha value is -1.68. The number of rotatable bonds is 6. The molecule has 0 unspecified atom stereocenters. The molecule has 0 spiro atoms. The molecule has 0 aliphatic carbocycles. The molecule has 20 heavy (non-hydrogen) atoms. The molecule has 0 fully saturated rings. The van der Waals surface area contributed by atoms with Crippen molar-refractivity contribution in [1.29, 1.82) is 0 Å². The SMILES string of the molecule is COc1ccc(COc2ccccc2CBr)cc1OC. The molecule has 0 heterocycles. The summed E-state index contributed by atoms with van der Waals surface area (Å²) in [5.74, 6) is 2.32. The maximum atomic E-state index is 5.86. The first kappa shape index (κ1) is 14.7. The van der Waals surface area contributed by atoms with E-state index >= 15 is 0 Å². The maximum Gasteiger partial charge on any atom is 0.161 e. The fourth-order valence-corrected chi connectivity index (χ4v) is 2.35. The zero-order valence-electron chi connectivity index (χ0n) is 11.6. The van der Waals surface area contributed by atoms with Crippen LogP contribution in [0.4, 0.5) is 0 Å². The van der Waals surface area contributed by atoms with Gasteiger partial charge in [0.1, 0.15) is 12.4 Å². The molecule has 0 aliphatic rings. The molecule has 2 aromatic rings. The lowest BCUT2D eigenvalue weighted by atomic mass is 10.2. The monoisotopic (exact) mass is 336 g/mol. The second kappa shape index (κ2) is 7.20. The van der Waals surface area contributed by atoms with Crippen LogP contribution < -0.4 is 14.2 Å². The standard InChI is InChI=1S/C16H17BrO3/c1-18-15-8-7-12(9-16(15)19-2)11-20-14-6-4-3-5-13(14)10-17/h3-9H,10-11H2,1-2H3. The Morgan fingerprint density at radius 2 is 1.65 bits per heavy atom. The van der Waals surface area contributed by atoms with E-state index in [2.05, 4.69) is 15.9 Å². The Balaban J connectivity index is 2.11. The first-order valence-corrected chi connectivity index (χ1v) is 7.38. The van der Waals surface area contributed by atoms with Gasteiger partial charge in [0.15, 0.2) is 11.5 Å². The molecule has 0 radical (unpaired) electrons. The van der Waals surface area contributed by atoms with Crippen molar-refractivity contribution >= 4 is 15.9 Å². The van der Waals surface area contributed by atoms with Crippen molar-refractivity contribution in [3.05, 3.63) is 53.6 Å². The molecule has 2 rings (SSSR count). The predicted octanol–water partition coefficient (Wildman–Crippen LogP) is 4.18. The summed E-state index contributed by atoms with van der Waals surface area (Å²) in [7, 11) is 3.25. The van der Waals surface area contributed by atoms with E-state index in [-0.39, 0.29) is 0 Å². The predicted molar refractivity (Wildman–Crippen MR) is 83.0 cm³/mol. The van der Waals surface area contributed by atoms with Gasteiger partial charge in [0.05, 0.1) is 14.2 Å². The van der Waals surface area contributed by atoms with Gasteiger partial charge in [-0.2, -0.15) is 0 Å². The maximum absolute atomic E-state index is 5.86. The lowest BCUT2D eigenvalue weighted by molar-refractivity contribution is 0.301. The van der Waals surface area contributed by atoms with Crippen molar-refractivity contribution in [2.45, 2.75) is 11.9 Å². The summed E-state index contributed by atoms with van der Waals surface area (Å²) in [6.07, 6.45) is 0. The Bertz CT molecular complexity index is 569. The van der Waals surface area contributed by atoms with E-state index in [0.29, 0.717) is 12.4 Å². The Morgan fingerprint density at radius 3 is 2.35 bits per heavy atom. The van der Waals surface area contributed by atoms with Gasteiger partial charge >= 0.3 is 0 Å². The Morgan fingerprint density at radius 1 is 0.900 bits per heavy atom. The number of hydrogen-bond donors (Lipinski definition) is 0. The van der Waals surface area contributed by atoms with Gasteiger partial charge in [-0.1, -0.05) is 40.2 Å². The summed E-state index contributed by atoms with van der Waals surface area (Å²) >= 11 is 3.46. The van der Waals surface area contributed by atoms with Crippen molar-refractivity contribution in [3.8, 4) is 17.2 Å². The smallest absolute Gasteiger partial charge is 0.161 e. The van der Waals surface area contributed by atoms with Crippen LogP contribution in [0.25, 0.3) is 0 Å². The van der Waals surface area contributed by atoms with Crippen LogP contribution in [0, 0.1) is 0 Å². The van der Waals surface area contributed by atoms with E-state index < -0.39 is 0 Å². The molecule has 0 aromatic heterocycles. The Kier molecular flexibility index (Phi) is 5.30. The summed E-state index contributed by atoms with van der Waals surface area (Å²) in [4.78, 5) is 0. The van der Waals surface area contributed by atoms with E-state index in [9.17, 15) is 0 Å². The molecule has 3 nitrogen and oxygen atoms in total. The third-order valence-corrected chi connectivity index (χ3v) is 3.56. The van der Waals surface area contributed by atoms with Crippen LogP contribution in [0.5, 0.6) is 17.2 Å². The number of alkyl halides is 1. The highest BCUT2D eigenvalue weighted by molar-refractivity contribution is 9.08. The van der Waals surface area contributed by atoms with Crippen LogP contribution >= 0.6 is 15.9 Å². The molecule has 4 heteroatoms. The third-order valence-electron chi connectivity index (χ3n) is 2.96. The Labute approximate surface area is 127 Å². The van der Waals surface area contributed by atoms with Crippen LogP contribution in [0.3, 0.4) is 0 Å². The second-order valence-electron chi connectivity index (χ2n) is 4.22. The van der Waals surface area contributed by atoms with Gasteiger partial charge in [-0.15, -0.1) is 0 Å². The van der Waals surface area contributed by atoms with Crippen LogP contribution in [0.2, 0.25) is 0 Å². The molecule has 0 amide bonds. The van der Waals surface area contributed by atoms with Gasteiger partial charge in [0, 0.05) is 10.9 Å². The summed E-state index contributed by atoms with van der Waals surface area (Å²) in [5, 5.41) is 0.773. The average molecular weight is 337 g/mol. The molecular weight excluding hydrogens is 320 g/mol. The highest BCUT2D eigenvalue weighted by atomic mass is 79.9. The summed E-state index contributed by atoms with van der Waals surface area (Å²) < 4.78 is 16.4. The van der Waals surface area contributed by atoms with Crippen molar-refractivity contribution in [2.24, 2.45) is 0 Å². The van der Waals surface area contributed by atoms with Crippen molar-refractivity contribution in [1.82, 2.24) is 0 Å². The van der Waals surface area contributed by atoms with Gasteiger partial charge in [0.25, 0.3) is 0 Å². The molecule has 0 bridgehead atoms. The number of ether oxygens (including phenoxy) is 3. The van der Waals surface area contributed by atoms with Crippen LogP contribution in [0.15, 0.2) is 42.5 Å². The minimum Gasteiger partial charge on any atom is -0.493 e. The fourth-order valence-electron chi connectivity index (χ4n) is 1.89. The summed E-state index contributed by atoms with van der Waals surface area (Å²) in [6, 6.07) is 13.8. The normalized spacial score (nSPS) is 10.2. The van der Waals surface area contributed by atoms with Crippen LogP contribution in [-0.4, -0.2) is 14.2 Å². The fraction of sp³-hybridized carbons (Fsp3) is 0.250. The number of hydrogen-bond acceptors (Lipinski definition) is 3. The summed E-state index contributed by atoms with van der Waals surface area (Å²) in [6.45, 7) is 0.490.